The van der Waals surface area contributed by atoms with Crippen LogP contribution in [0.25, 0.3) is 6.08 Å². The Balaban J connectivity index is 1.52. The Labute approximate surface area is 238 Å². The number of nitrogens with zero attached hydrogens (tertiary/aromatic N) is 1. The van der Waals surface area contributed by atoms with Gasteiger partial charge in [-0.05, 0) is 75.1 Å². The van der Waals surface area contributed by atoms with E-state index in [1.807, 2.05) is 65.7 Å². The van der Waals surface area contributed by atoms with Gasteiger partial charge in [-0.3, -0.25) is 14.4 Å². The van der Waals surface area contributed by atoms with Gasteiger partial charge in [0.25, 0.3) is 0 Å². The number of benzene rings is 3. The van der Waals surface area contributed by atoms with Gasteiger partial charge in [-0.15, -0.1) is 0 Å². The van der Waals surface area contributed by atoms with Gasteiger partial charge in [0.15, 0.2) is 11.5 Å². The van der Waals surface area contributed by atoms with Crippen molar-refractivity contribution < 1.29 is 23.5 Å². The second kappa shape index (κ2) is 9.06. The van der Waals surface area contributed by atoms with Gasteiger partial charge in [-0.2, -0.15) is 0 Å². The Kier molecular flexibility index (Phi) is 5.57. The van der Waals surface area contributed by atoms with Crippen LogP contribution in [0, 0.1) is 5.92 Å². The van der Waals surface area contributed by atoms with E-state index < -0.39 is 29.2 Å². The average molecular weight is 595 g/mol. The number of methoxy groups -OCH3 is 1. The van der Waals surface area contributed by atoms with Gasteiger partial charge in [0.1, 0.15) is 17.2 Å². The van der Waals surface area contributed by atoms with Crippen LogP contribution < -0.4 is 10.1 Å². The number of carbonyl (C=O) groups is 3. The van der Waals surface area contributed by atoms with Crippen molar-refractivity contribution in [2.24, 2.45) is 5.92 Å². The number of Topliss-reactive ketones (excluding diaryl/α,β-unsaturated/α-hetero) is 2. The van der Waals surface area contributed by atoms with Gasteiger partial charge < -0.3 is 19.4 Å². The zero-order valence-corrected chi connectivity index (χ0v) is 22.9. The fourth-order valence-corrected chi connectivity index (χ4v) is 7.27. The van der Waals surface area contributed by atoms with Crippen LogP contribution in [0.3, 0.4) is 0 Å². The Morgan fingerprint density at radius 1 is 1.00 bits per heavy atom. The van der Waals surface area contributed by atoms with Gasteiger partial charge >= 0.3 is 0 Å². The monoisotopic (exact) mass is 594 g/mol. The van der Waals surface area contributed by atoms with E-state index in [2.05, 4.69) is 21.2 Å². The number of anilines is 1. The van der Waals surface area contributed by atoms with Gasteiger partial charge in [0, 0.05) is 17.5 Å². The molecule has 0 unspecified atom stereocenters. The number of nitrogens with one attached hydrogen (secondary N) is 1. The van der Waals surface area contributed by atoms with Crippen molar-refractivity contribution in [1.82, 2.24) is 4.90 Å². The SMILES string of the molecule is COc1ccc(C(=O)[C@@H]2[C@H](C(=O)c3ccco3)[C@]3(C(=O)Nc4ccccc43)[C@@H]3c4ccccc4C=CN23)cc1Br. The quantitative estimate of drug-likeness (QED) is 0.284. The summed E-state index contributed by atoms with van der Waals surface area (Å²) in [5.74, 6) is -1.40. The summed E-state index contributed by atoms with van der Waals surface area (Å²) in [5, 5.41) is 3.04. The molecule has 40 heavy (non-hydrogen) atoms. The molecule has 198 valence electrons. The second-order valence-corrected chi connectivity index (χ2v) is 11.0. The maximum absolute atomic E-state index is 14.6. The molecule has 1 N–H and O–H groups in total. The fourth-order valence-electron chi connectivity index (χ4n) is 6.73. The molecule has 0 saturated carbocycles. The summed E-state index contributed by atoms with van der Waals surface area (Å²) in [6.45, 7) is 0. The van der Waals surface area contributed by atoms with Crippen molar-refractivity contribution in [3.05, 3.63) is 124 Å². The van der Waals surface area contributed by atoms with Crippen LogP contribution in [-0.4, -0.2) is 35.5 Å². The maximum Gasteiger partial charge on any atom is 0.238 e. The van der Waals surface area contributed by atoms with E-state index in [4.69, 9.17) is 9.15 Å². The molecule has 0 radical (unpaired) electrons. The van der Waals surface area contributed by atoms with Crippen molar-refractivity contribution in [2.75, 3.05) is 12.4 Å². The van der Waals surface area contributed by atoms with Crippen molar-refractivity contribution in [3.63, 3.8) is 0 Å². The lowest BCUT2D eigenvalue weighted by Gasteiger charge is -2.38. The zero-order valence-electron chi connectivity index (χ0n) is 21.3. The van der Waals surface area contributed by atoms with Crippen LogP contribution in [0.4, 0.5) is 5.69 Å². The topological polar surface area (TPSA) is 88.9 Å². The van der Waals surface area contributed by atoms with Crippen molar-refractivity contribution >= 4 is 45.2 Å². The van der Waals surface area contributed by atoms with Crippen LogP contribution in [0.2, 0.25) is 0 Å². The molecule has 1 saturated heterocycles. The molecule has 0 aliphatic carbocycles. The molecule has 4 heterocycles. The average Bonchev–Trinajstić information content (AvgIpc) is 3.69. The summed E-state index contributed by atoms with van der Waals surface area (Å²) < 4.78 is 11.6. The molecule has 0 bridgehead atoms. The van der Waals surface area contributed by atoms with E-state index >= 15 is 0 Å². The number of ketones is 2. The third-order valence-electron chi connectivity index (χ3n) is 8.32. The van der Waals surface area contributed by atoms with Crippen LogP contribution in [0.1, 0.15) is 43.6 Å². The lowest BCUT2D eigenvalue weighted by molar-refractivity contribution is -0.122. The number of halogens is 1. The summed E-state index contributed by atoms with van der Waals surface area (Å²) in [7, 11) is 1.55. The van der Waals surface area contributed by atoms with E-state index in [0.29, 0.717) is 27.0 Å². The van der Waals surface area contributed by atoms with Gasteiger partial charge in [0.2, 0.25) is 11.7 Å². The van der Waals surface area contributed by atoms with Crippen LogP contribution in [0.5, 0.6) is 5.75 Å². The highest BCUT2D eigenvalue weighted by Crippen LogP contribution is 2.62. The smallest absolute Gasteiger partial charge is 0.238 e. The fraction of sp³-hybridized carbons (Fsp3) is 0.156. The normalized spacial score (nSPS) is 23.9. The largest absolute Gasteiger partial charge is 0.496 e. The Bertz CT molecular complexity index is 1730. The van der Waals surface area contributed by atoms with Crippen LogP contribution in [-0.2, 0) is 10.2 Å². The molecule has 1 fully saturated rings. The molecule has 1 amide bonds. The molecule has 4 atom stereocenters. The van der Waals surface area contributed by atoms with Gasteiger partial charge in [-0.1, -0.05) is 42.5 Å². The predicted molar refractivity (Wildman–Crippen MR) is 152 cm³/mol. The highest BCUT2D eigenvalue weighted by atomic mass is 79.9. The van der Waals surface area contributed by atoms with E-state index in [0.717, 1.165) is 11.1 Å². The Morgan fingerprint density at radius 3 is 2.58 bits per heavy atom. The van der Waals surface area contributed by atoms with Gasteiger partial charge in [0.05, 0.1) is 29.8 Å². The van der Waals surface area contributed by atoms with Crippen molar-refractivity contribution in [3.8, 4) is 5.75 Å². The Hall–Kier alpha value is -4.43. The minimum atomic E-state index is -1.40. The first-order chi connectivity index (χ1) is 19.5. The minimum Gasteiger partial charge on any atom is -0.496 e. The third-order valence-corrected chi connectivity index (χ3v) is 8.94. The maximum atomic E-state index is 14.6. The first kappa shape index (κ1) is 24.6. The highest BCUT2D eigenvalue weighted by molar-refractivity contribution is 9.10. The molecule has 3 aromatic carbocycles. The summed E-state index contributed by atoms with van der Waals surface area (Å²) in [5.41, 5.74) is 2.13. The second-order valence-electron chi connectivity index (χ2n) is 10.1. The molecule has 7 nitrogen and oxygen atoms in total. The summed E-state index contributed by atoms with van der Waals surface area (Å²) in [6.07, 6.45) is 5.21. The highest BCUT2D eigenvalue weighted by Gasteiger charge is 2.71. The summed E-state index contributed by atoms with van der Waals surface area (Å²) in [6, 6.07) is 21.9. The molecule has 1 spiro atoms. The predicted octanol–water partition coefficient (Wildman–Crippen LogP) is 6.03. The first-order valence-corrected chi connectivity index (χ1v) is 13.7. The number of ether oxygens (including phenoxy) is 1. The molecule has 4 aromatic rings. The molecule has 8 heteroatoms. The summed E-state index contributed by atoms with van der Waals surface area (Å²) >= 11 is 3.49. The number of carbonyl (C=O) groups excluding carboxylic acids is 3. The third kappa shape index (κ3) is 3.26. The van der Waals surface area contributed by atoms with E-state index in [9.17, 15) is 14.4 Å². The minimum absolute atomic E-state index is 0.104. The number of amides is 1. The number of rotatable bonds is 5. The van der Waals surface area contributed by atoms with Crippen LogP contribution >= 0.6 is 15.9 Å². The van der Waals surface area contributed by atoms with E-state index in [1.165, 1.54) is 6.26 Å². The molecular formula is C32H23BrN2O5. The molecule has 1 aromatic heterocycles. The lowest BCUT2D eigenvalue weighted by Crippen LogP contribution is -2.49. The van der Waals surface area contributed by atoms with E-state index in [-0.39, 0.29) is 17.5 Å². The molecule has 3 aliphatic rings. The summed E-state index contributed by atoms with van der Waals surface area (Å²) in [4.78, 5) is 45.3. The standard InChI is InChI=1S/C32H23BrN2O5/c1-39-24-13-12-19(17-22(24)33)28(36)27-26(29(37)25-11-6-16-40-25)32(21-9-4-5-10-23(21)34-31(32)38)30-20-8-3-2-7-18(20)14-15-35(27)30/h2-17,26-27,30H,1H3,(H,34,38)/t26-,27+,30+,32+/m1/s1. The zero-order chi connectivity index (χ0) is 27.6. The number of furan rings is 1. The molecule has 7 rings (SSSR count). The number of hydrogen-bond acceptors (Lipinski definition) is 6. The number of fused-ring (bicyclic) bond motifs is 6. The van der Waals surface area contributed by atoms with Crippen molar-refractivity contribution in [2.45, 2.75) is 17.5 Å². The lowest BCUT2D eigenvalue weighted by atomic mass is 9.63. The first-order valence-electron chi connectivity index (χ1n) is 12.9. The molecular weight excluding hydrogens is 572 g/mol. The molecule has 3 aliphatic heterocycles. The Morgan fingerprint density at radius 2 is 1.80 bits per heavy atom. The van der Waals surface area contributed by atoms with Crippen LogP contribution in [0.15, 0.2) is 100 Å². The number of para-hydroxylation sites is 1. The number of hydrogen-bond donors (Lipinski definition) is 1. The van der Waals surface area contributed by atoms with Gasteiger partial charge in [-0.25, -0.2) is 0 Å². The van der Waals surface area contributed by atoms with E-state index in [1.54, 1.807) is 37.4 Å². The van der Waals surface area contributed by atoms with Crippen molar-refractivity contribution in [1.29, 1.82) is 0 Å².